The van der Waals surface area contributed by atoms with Gasteiger partial charge in [-0.05, 0) is 115 Å². The maximum atomic E-state index is 12.9. The fourth-order valence-corrected chi connectivity index (χ4v) is 9.02. The minimum absolute atomic E-state index is 0.00453. The van der Waals surface area contributed by atoms with E-state index in [4.69, 9.17) is 14.2 Å². The number of rotatable bonds is 48. The van der Waals surface area contributed by atoms with Crippen LogP contribution in [0.25, 0.3) is 0 Å². The van der Waals surface area contributed by atoms with Gasteiger partial charge in [-0.25, -0.2) is 4.68 Å². The quantitative estimate of drug-likeness (QED) is 0.0390. The summed E-state index contributed by atoms with van der Waals surface area (Å²) in [7, 11) is 1.69. The molecule has 10 heteroatoms. The number of esters is 2. The second-order valence-corrected chi connectivity index (χ2v) is 19.0. The van der Waals surface area contributed by atoms with Gasteiger partial charge in [-0.15, -0.1) is 0 Å². The summed E-state index contributed by atoms with van der Waals surface area (Å²) in [5, 5.41) is 5.39. The summed E-state index contributed by atoms with van der Waals surface area (Å²) in [6.07, 6.45) is 42.5. The van der Waals surface area contributed by atoms with Gasteiger partial charge in [-0.1, -0.05) is 163 Å². The Morgan fingerprint density at radius 1 is 0.581 bits per heavy atom. The predicted molar refractivity (Wildman–Crippen MR) is 264 cm³/mol. The van der Waals surface area contributed by atoms with Crippen molar-refractivity contribution < 1.29 is 23.8 Å². The van der Waals surface area contributed by atoms with Gasteiger partial charge in [0.05, 0.1) is 6.20 Å². The third kappa shape index (κ3) is 35.7. The van der Waals surface area contributed by atoms with Crippen molar-refractivity contribution in [3.63, 3.8) is 0 Å². The highest BCUT2D eigenvalue weighted by Gasteiger charge is 2.15. The number of ether oxygens (including phenoxy) is 3. The molecule has 9 nitrogen and oxygen atoms in total. The number of aromatic nitrogens is 2. The molecule has 0 saturated heterocycles. The van der Waals surface area contributed by atoms with Gasteiger partial charge in [0.15, 0.2) is 0 Å². The largest absolute Gasteiger partial charge is 0.462 e. The van der Waals surface area contributed by atoms with Gasteiger partial charge in [-0.2, -0.15) is 5.10 Å². The molecule has 1 aromatic rings. The van der Waals surface area contributed by atoms with Crippen LogP contribution in [0.2, 0.25) is 0 Å². The molecule has 0 amide bonds. The average Bonchev–Trinajstić information content (AvgIpc) is 3.72. The maximum Gasteiger partial charge on any atom is 0.306 e. The number of hydrogen-bond donors (Lipinski definition) is 1. The van der Waals surface area contributed by atoms with Gasteiger partial charge in [0.2, 0.25) is 0 Å². The summed E-state index contributed by atoms with van der Waals surface area (Å²) in [5.74, 6) is 0.0204. The number of nitrogens with zero attached hydrogens (tertiary/aromatic N) is 3. The first-order chi connectivity index (χ1) is 30.5. The summed E-state index contributed by atoms with van der Waals surface area (Å²) in [4.78, 5) is 28.1. The molecule has 1 N–H and O–H groups in total. The van der Waals surface area contributed by atoms with Crippen molar-refractivity contribution >= 4 is 23.9 Å². The summed E-state index contributed by atoms with van der Waals surface area (Å²) in [5.41, 5.74) is 0. The van der Waals surface area contributed by atoms with Crippen molar-refractivity contribution in [2.45, 2.75) is 276 Å². The van der Waals surface area contributed by atoms with E-state index in [0.717, 1.165) is 89.0 Å². The Hall–Kier alpha value is -1.62. The highest BCUT2D eigenvalue weighted by Crippen LogP contribution is 2.20. The van der Waals surface area contributed by atoms with E-state index >= 15 is 0 Å². The SMILES string of the molecule is CCCCCCCCC(CC)OC(=O)CCCCCCCN(CCCCCCCC(=O)OC(CCCCCCCC)CCCCCCCC)CCCNSc1ccnn1COC. The first-order valence-corrected chi connectivity index (χ1v) is 27.3. The Morgan fingerprint density at radius 2 is 1.00 bits per heavy atom. The molecule has 0 spiro atoms. The molecule has 0 bridgehead atoms. The number of methoxy groups -OCH3 is 1. The monoisotopic (exact) mass is 893 g/mol. The van der Waals surface area contributed by atoms with Crippen molar-refractivity contribution in [2.75, 3.05) is 33.3 Å². The molecule has 0 aliphatic carbocycles. The zero-order valence-corrected chi connectivity index (χ0v) is 42.2. The standard InChI is InChI=1S/C52H100N4O5S/c1-6-10-13-16-21-28-36-48(9-4)60-51(57)39-31-24-19-26-33-44-55(46-35-42-54-62-50-41-43-53-56(50)47-59-5)45-34-27-20-25-32-40-52(58)61-49(37-29-22-17-14-11-7-2)38-30-23-18-15-12-8-3/h41,43,48-49,54H,6-40,42,44-47H2,1-5H3. The highest BCUT2D eigenvalue weighted by molar-refractivity contribution is 7.97. The minimum Gasteiger partial charge on any atom is -0.462 e. The van der Waals surface area contributed by atoms with Gasteiger partial charge >= 0.3 is 11.9 Å². The third-order valence-electron chi connectivity index (χ3n) is 12.3. The Labute approximate surface area is 387 Å². The van der Waals surface area contributed by atoms with Crippen LogP contribution in [0, 0.1) is 0 Å². The van der Waals surface area contributed by atoms with E-state index < -0.39 is 0 Å². The van der Waals surface area contributed by atoms with E-state index in [0.29, 0.717) is 19.6 Å². The van der Waals surface area contributed by atoms with Gasteiger partial charge in [0.25, 0.3) is 0 Å². The van der Waals surface area contributed by atoms with E-state index in [1.165, 1.54) is 154 Å². The number of unbranched alkanes of at least 4 members (excludes halogenated alkanes) is 23. The molecular weight excluding hydrogens is 793 g/mol. The van der Waals surface area contributed by atoms with Crippen LogP contribution in [0.4, 0.5) is 0 Å². The lowest BCUT2D eigenvalue weighted by Gasteiger charge is -2.22. The summed E-state index contributed by atoms with van der Waals surface area (Å²) >= 11 is 1.62. The topological polar surface area (TPSA) is 94.9 Å². The number of nitrogens with one attached hydrogen (secondary N) is 1. The van der Waals surface area contributed by atoms with Gasteiger partial charge in [0, 0.05) is 26.5 Å². The molecule has 0 saturated carbocycles. The Balaban J connectivity index is 2.40. The summed E-state index contributed by atoms with van der Waals surface area (Å²) in [6, 6.07) is 2.01. The highest BCUT2D eigenvalue weighted by atomic mass is 32.2. The number of carbonyl (C=O) groups is 2. The van der Waals surface area contributed by atoms with Crippen molar-refractivity contribution in [3.05, 3.63) is 12.3 Å². The minimum atomic E-state index is -0.00453. The van der Waals surface area contributed by atoms with Gasteiger partial charge in [-0.3, -0.25) is 14.3 Å². The van der Waals surface area contributed by atoms with E-state index in [2.05, 4.69) is 42.4 Å². The van der Waals surface area contributed by atoms with Crippen LogP contribution in [0.15, 0.2) is 17.3 Å². The molecule has 1 rings (SSSR count). The van der Waals surface area contributed by atoms with Crippen molar-refractivity contribution in [2.24, 2.45) is 0 Å². The molecule has 1 atom stereocenters. The normalized spacial score (nSPS) is 12.2. The smallest absolute Gasteiger partial charge is 0.306 e. The summed E-state index contributed by atoms with van der Waals surface area (Å²) < 4.78 is 22.6. The Morgan fingerprint density at radius 3 is 1.48 bits per heavy atom. The first kappa shape index (κ1) is 58.4. The van der Waals surface area contributed by atoms with Gasteiger partial charge in [0.1, 0.15) is 24.0 Å². The third-order valence-corrected chi connectivity index (χ3v) is 13.2. The Kier molecular flexibility index (Phi) is 42.0. The molecular formula is C52H100N4O5S. The maximum absolute atomic E-state index is 12.9. The molecule has 0 fully saturated rings. The second kappa shape index (κ2) is 44.6. The predicted octanol–water partition coefficient (Wildman–Crippen LogP) is 14.9. The number of carbonyl (C=O) groups excluding carboxylic acids is 2. The second-order valence-electron chi connectivity index (χ2n) is 18.1. The van der Waals surface area contributed by atoms with Gasteiger partial charge < -0.3 is 19.1 Å². The zero-order valence-electron chi connectivity index (χ0n) is 41.4. The van der Waals surface area contributed by atoms with Crippen molar-refractivity contribution in [1.29, 1.82) is 0 Å². The van der Waals surface area contributed by atoms with Crippen molar-refractivity contribution in [1.82, 2.24) is 19.4 Å². The molecule has 0 aromatic carbocycles. The first-order valence-electron chi connectivity index (χ1n) is 26.5. The molecule has 0 radical (unpaired) electrons. The van der Waals surface area contributed by atoms with Crippen LogP contribution in [0.5, 0.6) is 0 Å². The summed E-state index contributed by atoms with van der Waals surface area (Å²) in [6.45, 7) is 13.6. The van der Waals surface area contributed by atoms with Crippen LogP contribution >= 0.6 is 11.9 Å². The average molecular weight is 893 g/mol. The Bertz CT molecular complexity index is 1110. The molecule has 1 unspecified atom stereocenters. The van der Waals surface area contributed by atoms with Crippen molar-refractivity contribution in [3.8, 4) is 0 Å². The molecule has 1 heterocycles. The molecule has 0 aliphatic rings. The van der Waals surface area contributed by atoms with E-state index in [1.807, 2.05) is 16.9 Å². The molecule has 62 heavy (non-hydrogen) atoms. The van der Waals surface area contributed by atoms with Crippen LogP contribution in [-0.4, -0.2) is 72.1 Å². The van der Waals surface area contributed by atoms with Crippen LogP contribution < -0.4 is 4.72 Å². The lowest BCUT2D eigenvalue weighted by molar-refractivity contribution is -0.150. The van der Waals surface area contributed by atoms with E-state index in [1.54, 1.807) is 19.1 Å². The lowest BCUT2D eigenvalue weighted by atomic mass is 10.0. The molecule has 364 valence electrons. The van der Waals surface area contributed by atoms with Crippen LogP contribution in [0.1, 0.15) is 252 Å². The molecule has 0 aliphatic heterocycles. The lowest BCUT2D eigenvalue weighted by Crippen LogP contribution is -2.29. The fraction of sp³-hybridized carbons (Fsp3) is 0.904. The zero-order chi connectivity index (χ0) is 45.0. The fourth-order valence-electron chi connectivity index (χ4n) is 8.29. The number of hydrogen-bond acceptors (Lipinski definition) is 9. The van der Waals surface area contributed by atoms with Crippen LogP contribution in [-0.2, 0) is 30.5 Å². The molecule has 1 aromatic heterocycles. The van der Waals surface area contributed by atoms with E-state index in [9.17, 15) is 9.59 Å². The van der Waals surface area contributed by atoms with Crippen LogP contribution in [0.3, 0.4) is 0 Å². The van der Waals surface area contributed by atoms with E-state index in [-0.39, 0.29) is 24.1 Å².